The van der Waals surface area contributed by atoms with Crippen molar-refractivity contribution in [1.29, 1.82) is 0 Å². The Morgan fingerprint density at radius 2 is 1.89 bits per heavy atom. The van der Waals surface area contributed by atoms with Gasteiger partial charge < -0.3 is 16.6 Å². The van der Waals surface area contributed by atoms with Crippen LogP contribution in [0.1, 0.15) is 21.6 Å². The zero-order valence-electron chi connectivity index (χ0n) is 9.63. The van der Waals surface area contributed by atoms with Crippen LogP contribution in [0.2, 0.25) is 0 Å². The van der Waals surface area contributed by atoms with E-state index in [0.29, 0.717) is 23.5 Å². The number of hydrogen-bond acceptors (Lipinski definition) is 4. The minimum atomic E-state index is -0.991. The number of aromatic nitrogens is 1. The van der Waals surface area contributed by atoms with Crippen molar-refractivity contribution in [2.75, 3.05) is 11.5 Å². The molecule has 0 saturated carbocycles. The highest BCUT2D eigenvalue weighted by molar-refractivity contribution is 5.88. The maximum absolute atomic E-state index is 11.1. The molecule has 0 aliphatic rings. The number of carboxylic acid groups (broad SMARTS) is 1. The average molecular weight is 243 g/mol. The molecule has 0 bridgehead atoms. The van der Waals surface area contributed by atoms with Gasteiger partial charge in [-0.3, -0.25) is 4.98 Å². The van der Waals surface area contributed by atoms with Crippen molar-refractivity contribution < 1.29 is 9.90 Å². The molecule has 5 N–H and O–H groups in total. The first kappa shape index (κ1) is 11.9. The molecule has 92 valence electrons. The summed E-state index contributed by atoms with van der Waals surface area (Å²) in [6.45, 7) is 0. The Kier molecular flexibility index (Phi) is 3.14. The molecule has 1 aromatic carbocycles. The van der Waals surface area contributed by atoms with Crippen LogP contribution < -0.4 is 11.5 Å². The van der Waals surface area contributed by atoms with Gasteiger partial charge in [0.25, 0.3) is 0 Å². The van der Waals surface area contributed by atoms with E-state index in [1.165, 1.54) is 6.07 Å². The third kappa shape index (κ3) is 2.57. The van der Waals surface area contributed by atoms with Crippen LogP contribution in [0.15, 0.2) is 36.5 Å². The van der Waals surface area contributed by atoms with Crippen LogP contribution in [-0.2, 0) is 6.42 Å². The van der Waals surface area contributed by atoms with E-state index in [1.54, 1.807) is 30.5 Å². The minimum Gasteiger partial charge on any atom is -0.478 e. The number of nitrogens with zero attached hydrogens (tertiary/aromatic N) is 1. The second-order valence-electron chi connectivity index (χ2n) is 3.99. The molecule has 0 spiro atoms. The van der Waals surface area contributed by atoms with Gasteiger partial charge in [0.15, 0.2) is 0 Å². The Labute approximate surface area is 104 Å². The van der Waals surface area contributed by atoms with E-state index in [-0.39, 0.29) is 5.56 Å². The summed E-state index contributed by atoms with van der Waals surface area (Å²) in [7, 11) is 0. The van der Waals surface area contributed by atoms with Crippen LogP contribution in [0.5, 0.6) is 0 Å². The van der Waals surface area contributed by atoms with E-state index in [4.69, 9.17) is 16.6 Å². The summed E-state index contributed by atoms with van der Waals surface area (Å²) in [6, 6.07) is 8.30. The van der Waals surface area contributed by atoms with E-state index in [0.717, 1.165) is 5.56 Å². The fraction of sp³-hybridized carbons (Fsp3) is 0.0769. The Hall–Kier alpha value is -2.56. The van der Waals surface area contributed by atoms with Crippen molar-refractivity contribution in [3.05, 3.63) is 53.3 Å². The van der Waals surface area contributed by atoms with Crippen molar-refractivity contribution >= 4 is 17.3 Å². The van der Waals surface area contributed by atoms with Gasteiger partial charge in [0.1, 0.15) is 0 Å². The Bertz CT molecular complexity index is 576. The second-order valence-corrected chi connectivity index (χ2v) is 3.99. The molecular formula is C13H13N3O2. The van der Waals surface area contributed by atoms with E-state index < -0.39 is 5.97 Å². The molecule has 1 heterocycles. The van der Waals surface area contributed by atoms with E-state index in [1.807, 2.05) is 0 Å². The quantitative estimate of drug-likeness (QED) is 0.709. The van der Waals surface area contributed by atoms with Crippen molar-refractivity contribution in [3.8, 4) is 0 Å². The van der Waals surface area contributed by atoms with E-state index in [9.17, 15) is 4.79 Å². The summed E-state index contributed by atoms with van der Waals surface area (Å²) in [5.41, 5.74) is 14.0. The van der Waals surface area contributed by atoms with Gasteiger partial charge in [-0.1, -0.05) is 0 Å². The van der Waals surface area contributed by atoms with Crippen LogP contribution in [0.3, 0.4) is 0 Å². The van der Waals surface area contributed by atoms with Gasteiger partial charge in [-0.2, -0.15) is 0 Å². The molecule has 5 nitrogen and oxygen atoms in total. The van der Waals surface area contributed by atoms with Gasteiger partial charge in [0.05, 0.1) is 11.3 Å². The molecule has 0 aliphatic heterocycles. The molecular weight excluding hydrogens is 230 g/mol. The van der Waals surface area contributed by atoms with Gasteiger partial charge >= 0.3 is 5.97 Å². The Morgan fingerprint density at radius 1 is 1.22 bits per heavy atom. The molecule has 0 fully saturated rings. The van der Waals surface area contributed by atoms with Crippen LogP contribution in [0.4, 0.5) is 11.4 Å². The normalized spacial score (nSPS) is 10.2. The first-order chi connectivity index (χ1) is 8.56. The lowest BCUT2D eigenvalue weighted by Crippen LogP contribution is -2.05. The van der Waals surface area contributed by atoms with Crippen LogP contribution in [-0.4, -0.2) is 16.1 Å². The number of carboxylic acids is 1. The fourth-order valence-electron chi connectivity index (χ4n) is 1.81. The van der Waals surface area contributed by atoms with E-state index >= 15 is 0 Å². The smallest absolute Gasteiger partial charge is 0.337 e. The predicted octanol–water partition coefficient (Wildman–Crippen LogP) is 1.54. The number of rotatable bonds is 3. The number of nitrogen functional groups attached to an aromatic ring is 2. The number of aromatic carboxylic acids is 1. The van der Waals surface area contributed by atoms with Crippen molar-refractivity contribution in [3.63, 3.8) is 0 Å². The van der Waals surface area contributed by atoms with Crippen molar-refractivity contribution in [1.82, 2.24) is 4.98 Å². The highest BCUT2D eigenvalue weighted by atomic mass is 16.4. The topological polar surface area (TPSA) is 102 Å². The van der Waals surface area contributed by atoms with Crippen molar-refractivity contribution in [2.45, 2.75) is 6.42 Å². The number of carbonyl (C=O) groups is 1. The summed E-state index contributed by atoms with van der Waals surface area (Å²) in [5, 5.41) is 9.06. The van der Waals surface area contributed by atoms with Crippen LogP contribution >= 0.6 is 0 Å². The number of nitrogens with two attached hydrogens (primary N) is 2. The predicted molar refractivity (Wildman–Crippen MR) is 69.3 cm³/mol. The zero-order chi connectivity index (χ0) is 13.1. The number of benzene rings is 1. The average Bonchev–Trinajstić information content (AvgIpc) is 2.27. The fourth-order valence-corrected chi connectivity index (χ4v) is 1.81. The van der Waals surface area contributed by atoms with Gasteiger partial charge in [-0.15, -0.1) is 0 Å². The molecule has 1 aromatic heterocycles. The standard InChI is InChI=1S/C13H13N3O2/c14-9-4-8(5-10(15)7-9)6-12-11(13(17)18)2-1-3-16-12/h1-5,7H,6,14-15H2,(H,17,18). The Morgan fingerprint density at radius 3 is 2.50 bits per heavy atom. The molecule has 0 atom stereocenters. The van der Waals surface area contributed by atoms with Gasteiger partial charge in [-0.25, -0.2) is 4.79 Å². The lowest BCUT2D eigenvalue weighted by Gasteiger charge is -2.07. The number of pyridine rings is 1. The highest BCUT2D eigenvalue weighted by Gasteiger charge is 2.11. The molecule has 2 aromatic rings. The largest absolute Gasteiger partial charge is 0.478 e. The summed E-state index contributed by atoms with van der Waals surface area (Å²) in [6.07, 6.45) is 1.95. The molecule has 0 saturated heterocycles. The molecule has 0 radical (unpaired) electrons. The SMILES string of the molecule is Nc1cc(N)cc(Cc2ncccc2C(=O)O)c1. The first-order valence-corrected chi connectivity index (χ1v) is 5.38. The maximum Gasteiger partial charge on any atom is 0.337 e. The lowest BCUT2D eigenvalue weighted by molar-refractivity contribution is 0.0695. The van der Waals surface area contributed by atoms with Crippen molar-refractivity contribution in [2.24, 2.45) is 0 Å². The summed E-state index contributed by atoms with van der Waals surface area (Å²) in [5.74, 6) is -0.991. The third-order valence-electron chi connectivity index (χ3n) is 2.53. The van der Waals surface area contributed by atoms with E-state index in [2.05, 4.69) is 4.98 Å². The molecule has 2 rings (SSSR count). The highest BCUT2D eigenvalue weighted by Crippen LogP contribution is 2.18. The zero-order valence-corrected chi connectivity index (χ0v) is 9.63. The maximum atomic E-state index is 11.1. The third-order valence-corrected chi connectivity index (χ3v) is 2.53. The molecule has 0 unspecified atom stereocenters. The number of anilines is 2. The molecule has 0 amide bonds. The first-order valence-electron chi connectivity index (χ1n) is 5.38. The lowest BCUT2D eigenvalue weighted by atomic mass is 10.0. The van der Waals surface area contributed by atoms with Gasteiger partial charge in [0, 0.05) is 24.0 Å². The summed E-state index contributed by atoms with van der Waals surface area (Å²) < 4.78 is 0. The monoisotopic (exact) mass is 243 g/mol. The van der Waals surface area contributed by atoms with Gasteiger partial charge in [-0.05, 0) is 35.9 Å². The molecule has 0 aliphatic carbocycles. The van der Waals surface area contributed by atoms with Crippen LogP contribution in [0, 0.1) is 0 Å². The summed E-state index contributed by atoms with van der Waals surface area (Å²) in [4.78, 5) is 15.1. The minimum absolute atomic E-state index is 0.193. The second kappa shape index (κ2) is 4.75. The Balaban J connectivity index is 2.37. The van der Waals surface area contributed by atoms with Gasteiger partial charge in [0.2, 0.25) is 0 Å². The van der Waals surface area contributed by atoms with Crippen LogP contribution in [0.25, 0.3) is 0 Å². The molecule has 18 heavy (non-hydrogen) atoms. The number of hydrogen-bond donors (Lipinski definition) is 3. The summed E-state index contributed by atoms with van der Waals surface area (Å²) >= 11 is 0. The molecule has 5 heteroatoms.